The van der Waals surface area contributed by atoms with Crippen LogP contribution in [0.4, 0.5) is 0 Å². The number of carbonyl (C=O) groups is 3. The second kappa shape index (κ2) is 6.34. The Balaban J connectivity index is 2.44. The maximum Gasteiger partial charge on any atom is 0.326 e. The van der Waals surface area contributed by atoms with Gasteiger partial charge in [-0.1, -0.05) is 0 Å². The molecule has 1 aliphatic rings. The Labute approximate surface area is 99.3 Å². The van der Waals surface area contributed by atoms with E-state index in [2.05, 4.69) is 5.32 Å². The van der Waals surface area contributed by atoms with Crippen LogP contribution < -0.4 is 5.32 Å². The molecule has 0 saturated carbocycles. The van der Waals surface area contributed by atoms with Crippen LogP contribution in [0.3, 0.4) is 0 Å². The lowest BCUT2D eigenvalue weighted by atomic mass is 10.1. The third-order valence-electron chi connectivity index (χ3n) is 2.62. The van der Waals surface area contributed by atoms with Crippen LogP contribution in [0.15, 0.2) is 0 Å². The third-order valence-corrected chi connectivity index (χ3v) is 2.62. The average Bonchev–Trinajstić information content (AvgIpc) is 2.76. The van der Waals surface area contributed by atoms with Crippen molar-refractivity contribution in [3.05, 3.63) is 0 Å². The highest BCUT2D eigenvalue weighted by Crippen LogP contribution is 2.12. The van der Waals surface area contributed by atoms with Crippen molar-refractivity contribution in [3.8, 4) is 0 Å². The molecular weight excluding hydrogens is 226 g/mol. The van der Waals surface area contributed by atoms with Crippen molar-refractivity contribution in [1.82, 2.24) is 5.32 Å². The molecule has 0 bridgehead atoms. The van der Waals surface area contributed by atoms with Crippen LogP contribution in [-0.4, -0.2) is 41.5 Å². The van der Waals surface area contributed by atoms with Crippen molar-refractivity contribution >= 4 is 17.7 Å². The normalized spacial score (nSPS) is 20.9. The van der Waals surface area contributed by atoms with E-state index in [0.29, 0.717) is 13.0 Å². The van der Waals surface area contributed by atoms with E-state index in [1.165, 1.54) is 6.92 Å². The average molecular weight is 243 g/mol. The Hall–Kier alpha value is -1.43. The molecule has 0 aromatic heterocycles. The van der Waals surface area contributed by atoms with Crippen LogP contribution in [0.25, 0.3) is 0 Å². The minimum absolute atomic E-state index is 0.0948. The highest BCUT2D eigenvalue weighted by molar-refractivity contribution is 5.87. The first-order valence-electron chi connectivity index (χ1n) is 5.65. The number of aliphatic carboxylic acids is 1. The van der Waals surface area contributed by atoms with Crippen LogP contribution in [0.2, 0.25) is 0 Å². The molecule has 6 heteroatoms. The summed E-state index contributed by atoms with van der Waals surface area (Å²) in [6, 6.07) is -1.02. The van der Waals surface area contributed by atoms with Gasteiger partial charge in [-0.2, -0.15) is 0 Å². The maximum atomic E-state index is 11.6. The standard InChI is InChI=1S/C11H17NO5/c1-7(13)4-5-8(11(15)16)12-10(14)9-3-2-6-17-9/h8-9H,2-6H2,1H3,(H,12,14)(H,15,16)/t8-,9-/m0/s1. The summed E-state index contributed by atoms with van der Waals surface area (Å²) in [5.41, 5.74) is 0. The first-order chi connectivity index (χ1) is 8.00. The van der Waals surface area contributed by atoms with Crippen LogP contribution >= 0.6 is 0 Å². The number of ketones is 1. The summed E-state index contributed by atoms with van der Waals surface area (Å²) < 4.78 is 5.15. The smallest absolute Gasteiger partial charge is 0.326 e. The summed E-state index contributed by atoms with van der Waals surface area (Å²) >= 11 is 0. The van der Waals surface area contributed by atoms with Gasteiger partial charge in [0, 0.05) is 13.0 Å². The van der Waals surface area contributed by atoms with Crippen molar-refractivity contribution in [2.24, 2.45) is 0 Å². The zero-order valence-electron chi connectivity index (χ0n) is 9.77. The Kier molecular flexibility index (Phi) is 5.09. The largest absolute Gasteiger partial charge is 0.480 e. The van der Waals surface area contributed by atoms with Gasteiger partial charge in [-0.15, -0.1) is 0 Å². The van der Waals surface area contributed by atoms with E-state index in [4.69, 9.17) is 9.84 Å². The van der Waals surface area contributed by atoms with Gasteiger partial charge in [0.25, 0.3) is 0 Å². The Morgan fingerprint density at radius 3 is 2.65 bits per heavy atom. The zero-order valence-corrected chi connectivity index (χ0v) is 9.77. The molecule has 2 N–H and O–H groups in total. The molecule has 1 heterocycles. The van der Waals surface area contributed by atoms with E-state index >= 15 is 0 Å². The SMILES string of the molecule is CC(=O)CC[C@H](NC(=O)[C@@H]1CCCO1)C(=O)O. The molecule has 6 nitrogen and oxygen atoms in total. The van der Waals surface area contributed by atoms with Gasteiger partial charge in [0.2, 0.25) is 5.91 Å². The van der Waals surface area contributed by atoms with Crippen molar-refractivity contribution in [1.29, 1.82) is 0 Å². The number of carboxylic acids is 1. The number of carbonyl (C=O) groups excluding carboxylic acids is 2. The fourth-order valence-corrected chi connectivity index (χ4v) is 1.65. The Morgan fingerprint density at radius 2 is 2.18 bits per heavy atom. The Bertz CT molecular complexity index is 309. The highest BCUT2D eigenvalue weighted by atomic mass is 16.5. The van der Waals surface area contributed by atoms with Gasteiger partial charge in [-0.3, -0.25) is 4.79 Å². The van der Waals surface area contributed by atoms with Gasteiger partial charge >= 0.3 is 5.97 Å². The molecule has 0 aromatic carbocycles. The molecule has 0 spiro atoms. The predicted octanol–water partition coefficient (Wildman–Crippen LogP) is 0.104. The monoisotopic (exact) mass is 243 g/mol. The quantitative estimate of drug-likeness (QED) is 0.690. The van der Waals surface area contributed by atoms with E-state index < -0.39 is 24.0 Å². The third kappa shape index (κ3) is 4.52. The minimum Gasteiger partial charge on any atom is -0.480 e. The van der Waals surface area contributed by atoms with E-state index in [-0.39, 0.29) is 18.6 Å². The van der Waals surface area contributed by atoms with Crippen LogP contribution in [0, 0.1) is 0 Å². The molecule has 96 valence electrons. The van der Waals surface area contributed by atoms with E-state index in [1.54, 1.807) is 0 Å². The molecule has 0 aromatic rings. The van der Waals surface area contributed by atoms with Gasteiger partial charge in [0.1, 0.15) is 17.9 Å². The number of rotatable bonds is 6. The second-order valence-corrected chi connectivity index (χ2v) is 4.14. The number of amides is 1. The summed E-state index contributed by atoms with van der Waals surface area (Å²) in [5.74, 6) is -1.63. The predicted molar refractivity (Wildman–Crippen MR) is 58.5 cm³/mol. The lowest BCUT2D eigenvalue weighted by Crippen LogP contribution is -2.45. The lowest BCUT2D eigenvalue weighted by molar-refractivity contribution is -0.143. The van der Waals surface area contributed by atoms with Crippen LogP contribution in [0.5, 0.6) is 0 Å². The zero-order chi connectivity index (χ0) is 12.8. The molecule has 1 aliphatic heterocycles. The molecule has 2 atom stereocenters. The minimum atomic E-state index is -1.13. The summed E-state index contributed by atoms with van der Waals surface area (Å²) in [4.78, 5) is 33.3. The van der Waals surface area contributed by atoms with Crippen molar-refractivity contribution < 1.29 is 24.2 Å². The molecule has 1 rings (SSSR count). The van der Waals surface area contributed by atoms with Gasteiger partial charge in [-0.05, 0) is 26.2 Å². The molecule has 0 unspecified atom stereocenters. The summed E-state index contributed by atoms with van der Waals surface area (Å²) in [6.45, 7) is 1.92. The van der Waals surface area contributed by atoms with E-state index in [0.717, 1.165) is 6.42 Å². The van der Waals surface area contributed by atoms with Gasteiger partial charge in [0.15, 0.2) is 0 Å². The van der Waals surface area contributed by atoms with E-state index in [9.17, 15) is 14.4 Å². The van der Waals surface area contributed by atoms with Crippen LogP contribution in [0.1, 0.15) is 32.6 Å². The number of carboxylic acid groups (broad SMARTS) is 1. The van der Waals surface area contributed by atoms with E-state index in [1.807, 2.05) is 0 Å². The second-order valence-electron chi connectivity index (χ2n) is 4.14. The molecular formula is C11H17NO5. The molecule has 1 amide bonds. The molecule has 0 radical (unpaired) electrons. The van der Waals surface area contributed by atoms with Crippen LogP contribution in [-0.2, 0) is 19.1 Å². The van der Waals surface area contributed by atoms with Crippen molar-refractivity contribution in [3.63, 3.8) is 0 Å². The van der Waals surface area contributed by atoms with Crippen molar-refractivity contribution in [2.75, 3.05) is 6.61 Å². The van der Waals surface area contributed by atoms with Gasteiger partial charge in [0.05, 0.1) is 0 Å². The molecule has 0 aliphatic carbocycles. The number of Topliss-reactive ketones (excluding diaryl/α,β-unsaturated/α-hetero) is 1. The molecule has 1 saturated heterocycles. The first-order valence-corrected chi connectivity index (χ1v) is 5.65. The number of nitrogens with one attached hydrogen (secondary N) is 1. The van der Waals surface area contributed by atoms with Crippen molar-refractivity contribution in [2.45, 2.75) is 44.8 Å². The number of hydrogen-bond donors (Lipinski definition) is 2. The lowest BCUT2D eigenvalue weighted by Gasteiger charge is -2.16. The summed E-state index contributed by atoms with van der Waals surface area (Å²) in [6.07, 6.45) is 1.13. The fourth-order valence-electron chi connectivity index (χ4n) is 1.65. The van der Waals surface area contributed by atoms with Gasteiger partial charge < -0.3 is 20.0 Å². The number of ether oxygens (including phenoxy) is 1. The fraction of sp³-hybridized carbons (Fsp3) is 0.727. The summed E-state index contributed by atoms with van der Waals surface area (Å²) in [7, 11) is 0. The first kappa shape index (κ1) is 13.6. The highest BCUT2D eigenvalue weighted by Gasteiger charge is 2.28. The Morgan fingerprint density at radius 1 is 1.47 bits per heavy atom. The summed E-state index contributed by atoms with van der Waals surface area (Å²) in [5, 5.41) is 11.3. The molecule has 1 fully saturated rings. The number of hydrogen-bond acceptors (Lipinski definition) is 4. The molecule has 17 heavy (non-hydrogen) atoms. The van der Waals surface area contributed by atoms with Gasteiger partial charge in [-0.25, -0.2) is 4.79 Å². The topological polar surface area (TPSA) is 92.7 Å². The maximum absolute atomic E-state index is 11.6.